The molecule has 0 fully saturated rings. The molecule has 0 unspecified atom stereocenters. The number of aliphatic hydroxyl groups is 1. The van der Waals surface area contributed by atoms with Gasteiger partial charge in [-0.1, -0.05) is 23.4 Å². The second kappa shape index (κ2) is 6.64. The standard InChI is InChI=1S/C22H18FN5O2/c1-22(29,17-5-3-4-6-18(17)23)20-8-19(27-30-20)16-11-25-21-15(16)7-13(9-24-21)14-10-26-28(2)12-14/h3-12,29H,1-2H3,(H,24,25)/t22-/m0/s1. The lowest BCUT2D eigenvalue weighted by atomic mass is 9.92. The van der Waals surface area contributed by atoms with Crippen molar-refractivity contribution in [2.24, 2.45) is 7.05 Å². The molecule has 4 heterocycles. The molecule has 4 aromatic heterocycles. The Hall–Kier alpha value is -3.78. The van der Waals surface area contributed by atoms with Gasteiger partial charge in [-0.3, -0.25) is 4.68 Å². The summed E-state index contributed by atoms with van der Waals surface area (Å²) in [6, 6.07) is 9.66. The van der Waals surface area contributed by atoms with Crippen LogP contribution in [-0.2, 0) is 12.6 Å². The summed E-state index contributed by atoms with van der Waals surface area (Å²) >= 11 is 0. The maximum atomic E-state index is 14.2. The lowest BCUT2D eigenvalue weighted by Crippen LogP contribution is -2.23. The summed E-state index contributed by atoms with van der Waals surface area (Å²) in [6.45, 7) is 1.48. The number of fused-ring (bicyclic) bond motifs is 1. The molecule has 0 spiro atoms. The van der Waals surface area contributed by atoms with Gasteiger partial charge in [0, 0.05) is 59.3 Å². The van der Waals surface area contributed by atoms with E-state index < -0.39 is 11.4 Å². The van der Waals surface area contributed by atoms with Gasteiger partial charge in [-0.05, 0) is 19.1 Å². The highest BCUT2D eigenvalue weighted by atomic mass is 19.1. The van der Waals surface area contributed by atoms with Crippen LogP contribution in [0.1, 0.15) is 18.2 Å². The van der Waals surface area contributed by atoms with E-state index in [1.165, 1.54) is 19.1 Å². The van der Waals surface area contributed by atoms with Crippen LogP contribution in [0.5, 0.6) is 0 Å². The largest absolute Gasteiger partial charge is 0.377 e. The lowest BCUT2D eigenvalue weighted by molar-refractivity contribution is 0.0658. The number of H-pyrrole nitrogens is 1. The van der Waals surface area contributed by atoms with E-state index in [0.717, 1.165) is 22.1 Å². The van der Waals surface area contributed by atoms with E-state index in [1.807, 2.05) is 19.3 Å². The third-order valence-electron chi connectivity index (χ3n) is 5.23. The third-order valence-corrected chi connectivity index (χ3v) is 5.23. The Morgan fingerprint density at radius 2 is 2.00 bits per heavy atom. The summed E-state index contributed by atoms with van der Waals surface area (Å²) in [5, 5.41) is 20.1. The van der Waals surface area contributed by atoms with Crippen molar-refractivity contribution in [1.29, 1.82) is 0 Å². The number of halogens is 1. The highest BCUT2D eigenvalue weighted by molar-refractivity contribution is 5.94. The maximum Gasteiger partial charge on any atom is 0.173 e. The number of nitrogens with one attached hydrogen (secondary N) is 1. The van der Waals surface area contributed by atoms with Gasteiger partial charge in [0.25, 0.3) is 0 Å². The zero-order chi connectivity index (χ0) is 20.9. The van der Waals surface area contributed by atoms with Gasteiger partial charge < -0.3 is 14.6 Å². The van der Waals surface area contributed by atoms with Gasteiger partial charge in [-0.2, -0.15) is 5.10 Å². The van der Waals surface area contributed by atoms with Crippen molar-refractivity contribution in [2.75, 3.05) is 0 Å². The maximum absolute atomic E-state index is 14.2. The molecule has 30 heavy (non-hydrogen) atoms. The topological polar surface area (TPSA) is 92.8 Å². The van der Waals surface area contributed by atoms with Gasteiger partial charge >= 0.3 is 0 Å². The van der Waals surface area contributed by atoms with Crippen molar-refractivity contribution in [1.82, 2.24) is 24.9 Å². The summed E-state index contributed by atoms with van der Waals surface area (Å²) in [5.41, 5.74) is 2.29. The Balaban J connectivity index is 1.57. The quantitative estimate of drug-likeness (QED) is 0.473. The van der Waals surface area contributed by atoms with E-state index in [-0.39, 0.29) is 11.3 Å². The van der Waals surface area contributed by atoms with E-state index in [4.69, 9.17) is 4.52 Å². The zero-order valence-corrected chi connectivity index (χ0v) is 16.3. The molecular weight excluding hydrogens is 385 g/mol. The summed E-state index contributed by atoms with van der Waals surface area (Å²) in [4.78, 5) is 7.60. The van der Waals surface area contributed by atoms with E-state index in [0.29, 0.717) is 11.3 Å². The predicted molar refractivity (Wildman–Crippen MR) is 109 cm³/mol. The first-order valence-electron chi connectivity index (χ1n) is 9.34. The molecule has 5 aromatic rings. The van der Waals surface area contributed by atoms with Gasteiger partial charge in [-0.15, -0.1) is 0 Å². The minimum Gasteiger partial charge on any atom is -0.377 e. The average Bonchev–Trinajstić information content (AvgIpc) is 3.46. The first kappa shape index (κ1) is 18.3. The first-order valence-corrected chi connectivity index (χ1v) is 9.34. The van der Waals surface area contributed by atoms with Crippen molar-refractivity contribution in [3.8, 4) is 22.4 Å². The lowest BCUT2D eigenvalue weighted by Gasteiger charge is -2.20. The summed E-state index contributed by atoms with van der Waals surface area (Å²) in [6.07, 6.45) is 7.24. The molecule has 0 aliphatic heterocycles. The molecule has 0 amide bonds. The molecule has 7 nitrogen and oxygen atoms in total. The Morgan fingerprint density at radius 3 is 2.77 bits per heavy atom. The molecule has 0 radical (unpaired) electrons. The molecule has 5 rings (SSSR count). The minimum atomic E-state index is -1.66. The van der Waals surface area contributed by atoms with Crippen LogP contribution in [0.15, 0.2) is 65.7 Å². The molecule has 0 aliphatic rings. The SMILES string of the molecule is Cn1cc(-c2cnc3[nH]cc(-c4cc([C@@](C)(O)c5ccccc5F)on4)c3c2)cn1. The van der Waals surface area contributed by atoms with Crippen LogP contribution in [-0.4, -0.2) is 30.0 Å². The third kappa shape index (κ3) is 2.89. The van der Waals surface area contributed by atoms with E-state index in [2.05, 4.69) is 20.2 Å². The number of aryl methyl sites for hydroxylation is 1. The Morgan fingerprint density at radius 1 is 1.17 bits per heavy atom. The fourth-order valence-electron chi connectivity index (χ4n) is 3.56. The van der Waals surface area contributed by atoms with Crippen LogP contribution in [0.2, 0.25) is 0 Å². The van der Waals surface area contributed by atoms with Crippen molar-refractivity contribution < 1.29 is 14.0 Å². The van der Waals surface area contributed by atoms with Crippen molar-refractivity contribution >= 4 is 11.0 Å². The fourth-order valence-corrected chi connectivity index (χ4v) is 3.56. The molecule has 0 aliphatic carbocycles. The van der Waals surface area contributed by atoms with Gasteiger partial charge in [-0.25, -0.2) is 9.37 Å². The summed E-state index contributed by atoms with van der Waals surface area (Å²) in [5.74, 6) is -0.369. The van der Waals surface area contributed by atoms with Crippen LogP contribution in [0, 0.1) is 5.82 Å². The first-order chi connectivity index (χ1) is 14.4. The van der Waals surface area contributed by atoms with Crippen LogP contribution in [0.4, 0.5) is 4.39 Å². The van der Waals surface area contributed by atoms with E-state index in [9.17, 15) is 9.50 Å². The molecule has 0 bridgehead atoms. The highest BCUT2D eigenvalue weighted by Crippen LogP contribution is 2.35. The number of aromatic nitrogens is 5. The minimum absolute atomic E-state index is 0.118. The van der Waals surface area contributed by atoms with Crippen LogP contribution < -0.4 is 0 Å². The van der Waals surface area contributed by atoms with Gasteiger partial charge in [0.05, 0.1) is 6.20 Å². The molecule has 150 valence electrons. The second-order valence-corrected chi connectivity index (χ2v) is 7.35. The van der Waals surface area contributed by atoms with E-state index in [1.54, 1.807) is 41.5 Å². The molecule has 1 aromatic carbocycles. The fraction of sp³-hybridized carbons (Fsp3) is 0.136. The number of rotatable bonds is 4. The average molecular weight is 403 g/mol. The van der Waals surface area contributed by atoms with Crippen molar-refractivity contribution in [3.05, 3.63) is 78.3 Å². The molecule has 2 N–H and O–H groups in total. The van der Waals surface area contributed by atoms with Crippen LogP contribution in [0.25, 0.3) is 33.4 Å². The molecule has 0 saturated heterocycles. The molecule has 8 heteroatoms. The zero-order valence-electron chi connectivity index (χ0n) is 16.3. The molecule has 1 atom stereocenters. The van der Waals surface area contributed by atoms with Crippen LogP contribution >= 0.6 is 0 Å². The van der Waals surface area contributed by atoms with Gasteiger partial charge in [0.1, 0.15) is 22.8 Å². The van der Waals surface area contributed by atoms with Gasteiger partial charge in [0.15, 0.2) is 5.76 Å². The highest BCUT2D eigenvalue weighted by Gasteiger charge is 2.33. The number of benzene rings is 1. The number of pyridine rings is 1. The summed E-state index contributed by atoms with van der Waals surface area (Å²) < 4.78 is 21.4. The van der Waals surface area contributed by atoms with Crippen LogP contribution in [0.3, 0.4) is 0 Å². The predicted octanol–water partition coefficient (Wildman–Crippen LogP) is 4.01. The number of hydrogen-bond donors (Lipinski definition) is 2. The van der Waals surface area contributed by atoms with Crippen molar-refractivity contribution in [2.45, 2.75) is 12.5 Å². The smallest absolute Gasteiger partial charge is 0.173 e. The molecular formula is C22H18FN5O2. The monoisotopic (exact) mass is 403 g/mol. The number of aromatic amines is 1. The summed E-state index contributed by atoms with van der Waals surface area (Å²) in [7, 11) is 1.86. The normalized spacial score (nSPS) is 13.6. The number of hydrogen-bond acceptors (Lipinski definition) is 5. The van der Waals surface area contributed by atoms with Crippen molar-refractivity contribution in [3.63, 3.8) is 0 Å². The number of nitrogens with zero attached hydrogens (tertiary/aromatic N) is 4. The molecule has 0 saturated carbocycles. The van der Waals surface area contributed by atoms with E-state index >= 15 is 0 Å². The second-order valence-electron chi connectivity index (χ2n) is 7.35. The Kier molecular flexibility index (Phi) is 4.04. The van der Waals surface area contributed by atoms with Gasteiger partial charge in [0.2, 0.25) is 0 Å². The Labute approximate surface area is 170 Å². The Bertz CT molecular complexity index is 1360.